The number of aromatic nitrogens is 2. The number of rotatable bonds is 6. The molecule has 1 amide bonds. The zero-order valence-corrected chi connectivity index (χ0v) is 15.9. The lowest BCUT2D eigenvalue weighted by atomic mass is 9.92. The number of pyridine rings is 1. The number of imidazole rings is 1. The Bertz CT molecular complexity index is 883. The largest absolute Gasteiger partial charge is 0.353 e. The topological polar surface area (TPSA) is 46.4 Å². The molecule has 2 atom stereocenters. The highest BCUT2D eigenvalue weighted by Crippen LogP contribution is 2.29. The van der Waals surface area contributed by atoms with Crippen LogP contribution in [0.1, 0.15) is 49.9 Å². The van der Waals surface area contributed by atoms with Crippen LogP contribution in [0.4, 0.5) is 0 Å². The van der Waals surface area contributed by atoms with E-state index < -0.39 is 0 Å². The van der Waals surface area contributed by atoms with Gasteiger partial charge in [0.15, 0.2) is 0 Å². The maximum absolute atomic E-state index is 12.7. The number of benzene rings is 1. The molecule has 0 saturated heterocycles. The summed E-state index contributed by atoms with van der Waals surface area (Å²) in [6.07, 6.45) is 4.33. The van der Waals surface area contributed by atoms with Crippen LogP contribution >= 0.6 is 0 Å². The molecule has 2 aromatic heterocycles. The minimum atomic E-state index is -0.0348. The van der Waals surface area contributed by atoms with E-state index in [9.17, 15) is 4.79 Å². The Morgan fingerprint density at radius 3 is 2.54 bits per heavy atom. The molecular weight excluding hydrogens is 322 g/mol. The number of nitrogens with one attached hydrogen (secondary N) is 1. The van der Waals surface area contributed by atoms with Gasteiger partial charge in [-0.25, -0.2) is 4.98 Å². The van der Waals surface area contributed by atoms with Gasteiger partial charge in [0.05, 0.1) is 5.69 Å². The van der Waals surface area contributed by atoms with Crippen LogP contribution < -0.4 is 5.32 Å². The van der Waals surface area contributed by atoms with E-state index >= 15 is 0 Å². The first kappa shape index (κ1) is 18.2. The Labute approximate surface area is 155 Å². The molecule has 4 heteroatoms. The average molecular weight is 349 g/mol. The van der Waals surface area contributed by atoms with Gasteiger partial charge in [-0.1, -0.05) is 50.2 Å². The van der Waals surface area contributed by atoms with Crippen LogP contribution in [0.3, 0.4) is 0 Å². The highest BCUT2D eigenvalue weighted by molar-refractivity contribution is 5.77. The number of aryl methyl sites for hydroxylation is 1. The third-order valence-electron chi connectivity index (χ3n) is 5.10. The molecule has 0 bridgehead atoms. The first-order valence-electron chi connectivity index (χ1n) is 9.24. The monoisotopic (exact) mass is 349 g/mol. The molecular formula is C22H27N3O. The number of carbonyl (C=O) groups excluding carboxylic acids is 1. The predicted molar refractivity (Wildman–Crippen MR) is 105 cm³/mol. The summed E-state index contributed by atoms with van der Waals surface area (Å²) in [7, 11) is 0. The van der Waals surface area contributed by atoms with E-state index in [2.05, 4.69) is 60.6 Å². The van der Waals surface area contributed by atoms with E-state index in [-0.39, 0.29) is 17.9 Å². The second-order valence-corrected chi connectivity index (χ2v) is 7.34. The summed E-state index contributed by atoms with van der Waals surface area (Å²) in [4.78, 5) is 17.3. The lowest BCUT2D eigenvalue weighted by Gasteiger charge is -2.21. The molecule has 0 aliphatic heterocycles. The van der Waals surface area contributed by atoms with Crippen molar-refractivity contribution in [2.45, 2.75) is 46.1 Å². The third kappa shape index (κ3) is 3.79. The van der Waals surface area contributed by atoms with Crippen molar-refractivity contribution >= 4 is 11.6 Å². The molecule has 2 heterocycles. The van der Waals surface area contributed by atoms with Gasteiger partial charge in [-0.15, -0.1) is 0 Å². The molecule has 3 aromatic rings. The summed E-state index contributed by atoms with van der Waals surface area (Å²) in [5, 5.41) is 3.13. The molecule has 0 fully saturated rings. The summed E-state index contributed by atoms with van der Waals surface area (Å²) in [5.74, 6) is 0.447. The lowest BCUT2D eigenvalue weighted by Crippen LogP contribution is -2.36. The normalized spacial score (nSPS) is 13.7. The molecule has 26 heavy (non-hydrogen) atoms. The standard InChI is InChI=1S/C22H27N3O/c1-15(2)17(4)24-21(26)13-19(18-10-6-5-7-11-18)20-14-23-22-16(3)9-8-12-25(20)22/h5-12,14-15,17,19H,13H2,1-4H3,(H,24,26). The van der Waals surface area contributed by atoms with Gasteiger partial charge in [-0.3, -0.25) is 4.79 Å². The van der Waals surface area contributed by atoms with E-state index in [1.807, 2.05) is 36.7 Å². The van der Waals surface area contributed by atoms with Gasteiger partial charge in [0.2, 0.25) is 5.91 Å². The van der Waals surface area contributed by atoms with E-state index in [1.165, 1.54) is 0 Å². The molecule has 2 unspecified atom stereocenters. The molecule has 0 saturated carbocycles. The Morgan fingerprint density at radius 2 is 1.85 bits per heavy atom. The van der Waals surface area contributed by atoms with Crippen molar-refractivity contribution in [3.05, 3.63) is 71.7 Å². The lowest BCUT2D eigenvalue weighted by molar-refractivity contribution is -0.122. The number of nitrogens with zero attached hydrogens (tertiary/aromatic N) is 2. The van der Waals surface area contributed by atoms with Gasteiger partial charge in [-0.05, 0) is 37.0 Å². The fourth-order valence-electron chi connectivity index (χ4n) is 3.17. The minimum absolute atomic E-state index is 0.0348. The summed E-state index contributed by atoms with van der Waals surface area (Å²) in [6.45, 7) is 8.35. The van der Waals surface area contributed by atoms with Crippen molar-refractivity contribution < 1.29 is 4.79 Å². The third-order valence-corrected chi connectivity index (χ3v) is 5.10. The Balaban J connectivity index is 1.96. The van der Waals surface area contributed by atoms with Gasteiger partial charge < -0.3 is 9.72 Å². The van der Waals surface area contributed by atoms with Crippen molar-refractivity contribution in [3.8, 4) is 0 Å². The number of hydrogen-bond acceptors (Lipinski definition) is 2. The van der Waals surface area contributed by atoms with Crippen molar-refractivity contribution in [3.63, 3.8) is 0 Å². The fraction of sp³-hybridized carbons (Fsp3) is 0.364. The van der Waals surface area contributed by atoms with Crippen LogP contribution in [-0.4, -0.2) is 21.3 Å². The van der Waals surface area contributed by atoms with E-state index in [1.54, 1.807) is 0 Å². The molecule has 0 aliphatic rings. The SMILES string of the molecule is Cc1cccn2c(C(CC(=O)NC(C)C(C)C)c3ccccc3)cnc12. The number of fused-ring (bicyclic) bond motifs is 1. The number of hydrogen-bond donors (Lipinski definition) is 1. The van der Waals surface area contributed by atoms with E-state index in [0.29, 0.717) is 12.3 Å². The van der Waals surface area contributed by atoms with Crippen molar-refractivity contribution in [1.29, 1.82) is 0 Å². The molecule has 0 spiro atoms. The van der Waals surface area contributed by atoms with Crippen LogP contribution in [-0.2, 0) is 4.79 Å². The Hall–Kier alpha value is -2.62. The van der Waals surface area contributed by atoms with Crippen LogP contribution in [0.25, 0.3) is 5.65 Å². The number of carbonyl (C=O) groups is 1. The van der Waals surface area contributed by atoms with Crippen molar-refractivity contribution in [2.24, 2.45) is 5.92 Å². The predicted octanol–water partition coefficient (Wildman–Crippen LogP) is 4.33. The first-order chi connectivity index (χ1) is 12.5. The molecule has 1 N–H and O–H groups in total. The molecule has 1 aromatic carbocycles. The van der Waals surface area contributed by atoms with Gasteiger partial charge in [0.1, 0.15) is 5.65 Å². The van der Waals surface area contributed by atoms with E-state index in [0.717, 1.165) is 22.5 Å². The van der Waals surface area contributed by atoms with Crippen molar-refractivity contribution in [2.75, 3.05) is 0 Å². The summed E-state index contributed by atoms with van der Waals surface area (Å²) in [6, 6.07) is 14.4. The number of amides is 1. The Morgan fingerprint density at radius 1 is 1.12 bits per heavy atom. The molecule has 136 valence electrons. The zero-order chi connectivity index (χ0) is 18.7. The highest BCUT2D eigenvalue weighted by atomic mass is 16.1. The van der Waals surface area contributed by atoms with Crippen LogP contribution in [0.15, 0.2) is 54.9 Å². The van der Waals surface area contributed by atoms with Gasteiger partial charge >= 0.3 is 0 Å². The van der Waals surface area contributed by atoms with Crippen molar-refractivity contribution in [1.82, 2.24) is 14.7 Å². The fourth-order valence-corrected chi connectivity index (χ4v) is 3.17. The summed E-state index contributed by atoms with van der Waals surface area (Å²) < 4.78 is 2.10. The minimum Gasteiger partial charge on any atom is -0.353 e. The van der Waals surface area contributed by atoms with Gasteiger partial charge in [0, 0.05) is 30.8 Å². The molecule has 3 rings (SSSR count). The first-order valence-corrected chi connectivity index (χ1v) is 9.24. The average Bonchev–Trinajstić information content (AvgIpc) is 3.05. The maximum atomic E-state index is 12.7. The quantitative estimate of drug-likeness (QED) is 0.720. The molecule has 0 aliphatic carbocycles. The highest BCUT2D eigenvalue weighted by Gasteiger charge is 2.23. The maximum Gasteiger partial charge on any atom is 0.221 e. The second-order valence-electron chi connectivity index (χ2n) is 7.34. The second kappa shape index (κ2) is 7.73. The van der Waals surface area contributed by atoms with Gasteiger partial charge in [-0.2, -0.15) is 0 Å². The molecule has 4 nitrogen and oxygen atoms in total. The Kier molecular flexibility index (Phi) is 5.40. The van der Waals surface area contributed by atoms with Crippen LogP contribution in [0.2, 0.25) is 0 Å². The van der Waals surface area contributed by atoms with Crippen LogP contribution in [0, 0.1) is 12.8 Å². The summed E-state index contributed by atoms with van der Waals surface area (Å²) in [5.41, 5.74) is 4.24. The van der Waals surface area contributed by atoms with Crippen LogP contribution in [0.5, 0.6) is 0 Å². The zero-order valence-electron chi connectivity index (χ0n) is 15.9. The smallest absolute Gasteiger partial charge is 0.221 e. The summed E-state index contributed by atoms with van der Waals surface area (Å²) >= 11 is 0. The van der Waals surface area contributed by atoms with Gasteiger partial charge in [0.25, 0.3) is 0 Å². The molecule has 0 radical (unpaired) electrons. The van der Waals surface area contributed by atoms with E-state index in [4.69, 9.17) is 0 Å².